The molecular weight excluding hydrogens is 424 g/mol. The average molecular weight is 469 g/mol. The zero-order valence-electron chi connectivity index (χ0n) is 22.0. The summed E-state index contributed by atoms with van der Waals surface area (Å²) in [6.07, 6.45) is 18.8. The third kappa shape index (κ3) is 7.76. The highest BCUT2D eigenvalue weighted by Gasteiger charge is 2.28. The summed E-state index contributed by atoms with van der Waals surface area (Å²) in [5, 5.41) is 0. The van der Waals surface area contributed by atoms with Gasteiger partial charge < -0.3 is 4.74 Å². The molecule has 4 rings (SSSR count). The number of ether oxygens (including phenoxy) is 1. The molecule has 2 aliphatic rings. The molecule has 0 radical (unpaired) electrons. The van der Waals surface area contributed by atoms with Gasteiger partial charge in [0, 0.05) is 5.56 Å². The minimum absolute atomic E-state index is 0.768. The molecule has 35 heavy (non-hydrogen) atoms. The molecule has 1 heteroatoms. The molecule has 1 saturated carbocycles. The molecule has 1 unspecified atom stereocenters. The van der Waals surface area contributed by atoms with Crippen LogP contribution in [0, 0.1) is 29.6 Å². The zero-order valence-corrected chi connectivity index (χ0v) is 22.0. The van der Waals surface area contributed by atoms with Crippen molar-refractivity contribution in [3.63, 3.8) is 0 Å². The second-order valence-corrected chi connectivity index (χ2v) is 10.7. The molecule has 2 aromatic carbocycles. The summed E-state index contributed by atoms with van der Waals surface area (Å²) in [5.41, 5.74) is 4.88. The maximum Gasteiger partial charge on any atom is 0.119 e. The van der Waals surface area contributed by atoms with Crippen molar-refractivity contribution in [3.8, 4) is 28.7 Å². The van der Waals surface area contributed by atoms with Gasteiger partial charge in [0.15, 0.2) is 0 Å². The normalized spacial score (nSPS) is 22.1. The Morgan fingerprint density at radius 3 is 2.09 bits per heavy atom. The Kier molecular flexibility index (Phi) is 9.94. The third-order valence-corrected chi connectivity index (χ3v) is 8.14. The summed E-state index contributed by atoms with van der Waals surface area (Å²) in [4.78, 5) is 0. The molecule has 0 aromatic heterocycles. The molecule has 1 fully saturated rings. The SMILES string of the molecule is CCCCCC1CCC(C2CC=C(C#Cc3ccc(-c4ccc(OCCC)cc4)cc3)CC2)CC1. The average Bonchev–Trinajstić information content (AvgIpc) is 2.92. The maximum absolute atomic E-state index is 5.69. The van der Waals surface area contributed by atoms with E-state index in [0.717, 1.165) is 42.1 Å². The highest BCUT2D eigenvalue weighted by molar-refractivity contribution is 5.65. The van der Waals surface area contributed by atoms with Crippen LogP contribution in [0.15, 0.2) is 60.2 Å². The van der Waals surface area contributed by atoms with Crippen LogP contribution >= 0.6 is 0 Å². The van der Waals surface area contributed by atoms with E-state index < -0.39 is 0 Å². The van der Waals surface area contributed by atoms with Gasteiger partial charge in [-0.2, -0.15) is 0 Å². The molecule has 0 heterocycles. The first-order valence-electron chi connectivity index (χ1n) is 14.3. The van der Waals surface area contributed by atoms with Gasteiger partial charge in [-0.1, -0.05) is 94.6 Å². The lowest BCUT2D eigenvalue weighted by Crippen LogP contribution is -2.23. The molecule has 0 aliphatic heterocycles. The van der Waals surface area contributed by atoms with Crippen molar-refractivity contribution in [3.05, 3.63) is 65.7 Å². The zero-order chi connectivity index (χ0) is 24.3. The van der Waals surface area contributed by atoms with Crippen LogP contribution in [-0.2, 0) is 0 Å². The lowest BCUT2D eigenvalue weighted by Gasteiger charge is -2.35. The van der Waals surface area contributed by atoms with Crippen molar-refractivity contribution in [2.24, 2.45) is 17.8 Å². The van der Waals surface area contributed by atoms with Gasteiger partial charge in [0.25, 0.3) is 0 Å². The topological polar surface area (TPSA) is 9.23 Å². The maximum atomic E-state index is 5.69. The number of allylic oxidation sites excluding steroid dienone is 2. The quantitative estimate of drug-likeness (QED) is 0.263. The van der Waals surface area contributed by atoms with Crippen molar-refractivity contribution in [1.29, 1.82) is 0 Å². The minimum Gasteiger partial charge on any atom is -0.494 e. The van der Waals surface area contributed by atoms with E-state index in [0.29, 0.717) is 0 Å². The molecular formula is C34H44O. The van der Waals surface area contributed by atoms with Crippen molar-refractivity contribution >= 4 is 0 Å². The number of hydrogen-bond donors (Lipinski definition) is 0. The van der Waals surface area contributed by atoms with E-state index in [2.05, 4.69) is 80.3 Å². The van der Waals surface area contributed by atoms with Crippen LogP contribution in [0.25, 0.3) is 11.1 Å². The molecule has 186 valence electrons. The van der Waals surface area contributed by atoms with E-state index in [1.165, 1.54) is 87.3 Å². The molecule has 0 saturated heterocycles. The van der Waals surface area contributed by atoms with Crippen LogP contribution in [0.1, 0.15) is 96.5 Å². The Morgan fingerprint density at radius 2 is 1.46 bits per heavy atom. The van der Waals surface area contributed by atoms with Crippen molar-refractivity contribution in [2.45, 2.75) is 90.9 Å². The third-order valence-electron chi connectivity index (χ3n) is 8.14. The van der Waals surface area contributed by atoms with Gasteiger partial charge in [-0.3, -0.25) is 0 Å². The van der Waals surface area contributed by atoms with Gasteiger partial charge >= 0.3 is 0 Å². The lowest BCUT2D eigenvalue weighted by molar-refractivity contribution is 0.186. The van der Waals surface area contributed by atoms with Crippen LogP contribution in [0.5, 0.6) is 5.75 Å². The van der Waals surface area contributed by atoms with Gasteiger partial charge in [-0.25, -0.2) is 0 Å². The first-order valence-corrected chi connectivity index (χ1v) is 14.3. The Labute approximate surface area is 214 Å². The van der Waals surface area contributed by atoms with E-state index in [4.69, 9.17) is 4.74 Å². The molecule has 0 spiro atoms. The Balaban J connectivity index is 1.25. The second kappa shape index (κ2) is 13.6. The summed E-state index contributed by atoms with van der Waals surface area (Å²) in [5.74, 6) is 10.7. The van der Waals surface area contributed by atoms with Gasteiger partial charge in [0.1, 0.15) is 5.75 Å². The molecule has 2 aliphatic carbocycles. The number of benzene rings is 2. The van der Waals surface area contributed by atoms with Crippen LogP contribution in [0.2, 0.25) is 0 Å². The molecule has 0 amide bonds. The predicted octanol–water partition coefficient (Wildman–Crippen LogP) is 9.61. The van der Waals surface area contributed by atoms with Crippen LogP contribution in [0.3, 0.4) is 0 Å². The van der Waals surface area contributed by atoms with Crippen LogP contribution in [0.4, 0.5) is 0 Å². The standard InChI is InChI=1S/C34H44O/c1-3-5-6-7-27-10-16-30(17-11-27)31-18-12-28(13-19-31)8-9-29-14-20-32(21-15-29)33-22-24-34(25-23-33)35-26-4-2/h12,14-15,20-25,27,30-31H,3-7,10-11,13,16-19,26H2,1-2H3. The number of hydrogen-bond acceptors (Lipinski definition) is 1. The summed E-state index contributed by atoms with van der Waals surface area (Å²) < 4.78 is 5.69. The Morgan fingerprint density at radius 1 is 0.743 bits per heavy atom. The molecule has 1 nitrogen and oxygen atoms in total. The fourth-order valence-corrected chi connectivity index (χ4v) is 5.89. The summed E-state index contributed by atoms with van der Waals surface area (Å²) in [6.45, 7) is 5.21. The van der Waals surface area contributed by atoms with Crippen LogP contribution < -0.4 is 4.74 Å². The van der Waals surface area contributed by atoms with Crippen LogP contribution in [-0.4, -0.2) is 6.61 Å². The second-order valence-electron chi connectivity index (χ2n) is 10.7. The van der Waals surface area contributed by atoms with E-state index >= 15 is 0 Å². The van der Waals surface area contributed by atoms with Gasteiger partial charge in [-0.05, 0) is 97.2 Å². The monoisotopic (exact) mass is 468 g/mol. The minimum atomic E-state index is 0.768. The summed E-state index contributed by atoms with van der Waals surface area (Å²) in [6, 6.07) is 17.0. The number of unbranched alkanes of at least 4 members (excludes halogenated alkanes) is 2. The molecule has 1 atom stereocenters. The highest BCUT2D eigenvalue weighted by Crippen LogP contribution is 2.40. The van der Waals surface area contributed by atoms with Gasteiger partial charge in [0.2, 0.25) is 0 Å². The fraction of sp³-hybridized carbons (Fsp3) is 0.529. The Bertz CT molecular complexity index is 978. The Hall–Kier alpha value is -2.46. The summed E-state index contributed by atoms with van der Waals surface area (Å²) in [7, 11) is 0. The van der Waals surface area contributed by atoms with Gasteiger partial charge in [0.05, 0.1) is 6.61 Å². The molecule has 2 aromatic rings. The summed E-state index contributed by atoms with van der Waals surface area (Å²) >= 11 is 0. The molecule has 0 bridgehead atoms. The van der Waals surface area contributed by atoms with E-state index in [1.807, 2.05) is 0 Å². The lowest BCUT2D eigenvalue weighted by atomic mass is 9.70. The first-order chi connectivity index (χ1) is 17.2. The fourth-order valence-electron chi connectivity index (χ4n) is 5.89. The van der Waals surface area contributed by atoms with Crippen molar-refractivity contribution in [2.75, 3.05) is 6.61 Å². The van der Waals surface area contributed by atoms with Gasteiger partial charge in [-0.15, -0.1) is 0 Å². The highest BCUT2D eigenvalue weighted by atomic mass is 16.5. The predicted molar refractivity (Wildman–Crippen MR) is 150 cm³/mol. The largest absolute Gasteiger partial charge is 0.494 e. The first kappa shape index (κ1) is 25.6. The van der Waals surface area contributed by atoms with Crippen molar-refractivity contribution < 1.29 is 4.74 Å². The van der Waals surface area contributed by atoms with E-state index in [1.54, 1.807) is 0 Å². The van der Waals surface area contributed by atoms with E-state index in [9.17, 15) is 0 Å². The van der Waals surface area contributed by atoms with Crippen molar-refractivity contribution in [1.82, 2.24) is 0 Å². The molecule has 0 N–H and O–H groups in total. The number of rotatable bonds is 9. The smallest absolute Gasteiger partial charge is 0.119 e. The van der Waals surface area contributed by atoms with E-state index in [-0.39, 0.29) is 0 Å².